The quantitative estimate of drug-likeness (QED) is 0.648. The highest BCUT2D eigenvalue weighted by Gasteiger charge is 2.21. The van der Waals surface area contributed by atoms with Gasteiger partial charge in [-0.15, -0.1) is 0 Å². The summed E-state index contributed by atoms with van der Waals surface area (Å²) in [7, 11) is 0. The molecule has 24 heavy (non-hydrogen) atoms. The van der Waals surface area contributed by atoms with Crippen molar-refractivity contribution >= 4 is 52.3 Å². The molecule has 0 saturated heterocycles. The van der Waals surface area contributed by atoms with Crippen molar-refractivity contribution in [2.24, 2.45) is 0 Å². The highest BCUT2D eigenvalue weighted by Crippen LogP contribution is 2.32. The molecule has 134 valence electrons. The number of carbonyl (C=O) groups excluding carboxylic acids is 2. The zero-order valence-corrected chi connectivity index (χ0v) is 16.5. The van der Waals surface area contributed by atoms with E-state index in [0.717, 1.165) is 4.90 Å². The van der Waals surface area contributed by atoms with E-state index >= 15 is 0 Å². The monoisotopic (exact) mass is 394 g/mol. The summed E-state index contributed by atoms with van der Waals surface area (Å²) >= 11 is 17.8. The van der Waals surface area contributed by atoms with Crippen LogP contribution in [-0.4, -0.2) is 37.0 Å². The number of halogens is 3. The number of quaternary nitrogens is 1. The molecule has 0 heterocycles. The van der Waals surface area contributed by atoms with E-state index in [1.54, 1.807) is 0 Å². The van der Waals surface area contributed by atoms with Crippen LogP contribution < -0.4 is 15.5 Å². The van der Waals surface area contributed by atoms with Crippen molar-refractivity contribution in [1.29, 1.82) is 0 Å². The van der Waals surface area contributed by atoms with E-state index in [-0.39, 0.29) is 30.4 Å². The molecule has 0 saturated carbocycles. The molecule has 1 aromatic rings. The largest absolute Gasteiger partial charge is 0.347 e. The Kier molecular flexibility index (Phi) is 7.80. The van der Waals surface area contributed by atoms with Crippen LogP contribution in [0.5, 0.6) is 0 Å². The second-order valence-corrected chi connectivity index (χ2v) is 7.77. The summed E-state index contributed by atoms with van der Waals surface area (Å²) < 4.78 is 0. The first-order valence-corrected chi connectivity index (χ1v) is 8.74. The summed E-state index contributed by atoms with van der Waals surface area (Å²) in [5.74, 6) is -0.351. The van der Waals surface area contributed by atoms with E-state index in [9.17, 15) is 9.59 Å². The first kappa shape index (κ1) is 21.0. The van der Waals surface area contributed by atoms with Crippen LogP contribution in [-0.2, 0) is 9.59 Å². The Morgan fingerprint density at radius 2 is 1.54 bits per heavy atom. The molecule has 1 aromatic carbocycles. The molecular formula is C16H23Cl3N3O2+. The van der Waals surface area contributed by atoms with Gasteiger partial charge in [-0.05, 0) is 39.8 Å². The van der Waals surface area contributed by atoms with Gasteiger partial charge in [-0.2, -0.15) is 0 Å². The van der Waals surface area contributed by atoms with Crippen LogP contribution in [0.1, 0.15) is 27.7 Å². The number of likely N-dealkylation sites (N-methyl/N-ethyl adjacent to an activating group) is 1. The fourth-order valence-corrected chi connectivity index (χ4v) is 2.64. The lowest BCUT2D eigenvalue weighted by Crippen LogP contribution is -3.14. The van der Waals surface area contributed by atoms with Crippen LogP contribution in [0.4, 0.5) is 5.69 Å². The molecule has 0 radical (unpaired) electrons. The number of rotatable bonds is 6. The minimum absolute atomic E-state index is 0.0975. The zero-order chi connectivity index (χ0) is 18.5. The summed E-state index contributed by atoms with van der Waals surface area (Å²) in [5, 5.41) is 6.51. The Hall–Kier alpha value is -1.01. The van der Waals surface area contributed by atoms with Gasteiger partial charge >= 0.3 is 0 Å². The summed E-state index contributed by atoms with van der Waals surface area (Å²) in [6.07, 6.45) is 0. The third-order valence-electron chi connectivity index (χ3n) is 3.12. The predicted octanol–water partition coefficient (Wildman–Crippen LogP) is 2.40. The Morgan fingerprint density at radius 1 is 1.00 bits per heavy atom. The smallest absolute Gasteiger partial charge is 0.279 e. The first-order valence-electron chi connectivity index (χ1n) is 7.60. The van der Waals surface area contributed by atoms with Crippen LogP contribution >= 0.6 is 34.8 Å². The topological polar surface area (TPSA) is 62.6 Å². The van der Waals surface area contributed by atoms with Gasteiger partial charge in [0.15, 0.2) is 13.1 Å². The first-order chi connectivity index (χ1) is 11.0. The van der Waals surface area contributed by atoms with E-state index < -0.39 is 0 Å². The number of hydrogen-bond acceptors (Lipinski definition) is 2. The molecule has 0 spiro atoms. The second-order valence-electron chi connectivity index (χ2n) is 6.55. The Morgan fingerprint density at radius 3 is 2.08 bits per heavy atom. The van der Waals surface area contributed by atoms with Gasteiger partial charge < -0.3 is 15.5 Å². The lowest BCUT2D eigenvalue weighted by Gasteiger charge is -2.23. The van der Waals surface area contributed by atoms with Crippen LogP contribution in [0.3, 0.4) is 0 Å². The summed E-state index contributed by atoms with van der Waals surface area (Å²) in [6.45, 7) is 8.65. The molecule has 0 aliphatic carbocycles. The highest BCUT2D eigenvalue weighted by molar-refractivity contribution is 6.44. The van der Waals surface area contributed by atoms with Gasteiger partial charge in [0.25, 0.3) is 11.8 Å². The van der Waals surface area contributed by atoms with E-state index in [0.29, 0.717) is 27.3 Å². The third kappa shape index (κ3) is 7.26. The average Bonchev–Trinajstić information content (AvgIpc) is 2.41. The molecule has 5 nitrogen and oxygen atoms in total. The Bertz CT molecular complexity index is 615. The van der Waals surface area contributed by atoms with Crippen molar-refractivity contribution in [3.05, 3.63) is 27.2 Å². The van der Waals surface area contributed by atoms with E-state index in [1.807, 2.05) is 27.7 Å². The predicted molar refractivity (Wildman–Crippen MR) is 99.2 cm³/mol. The lowest BCUT2D eigenvalue weighted by molar-refractivity contribution is -0.881. The minimum atomic E-state index is -0.300. The maximum atomic E-state index is 12.2. The highest BCUT2D eigenvalue weighted by atomic mass is 35.5. The van der Waals surface area contributed by atoms with E-state index in [2.05, 4.69) is 10.6 Å². The van der Waals surface area contributed by atoms with Crippen molar-refractivity contribution in [3.8, 4) is 0 Å². The Labute approximate surface area is 157 Å². The van der Waals surface area contributed by atoms with Gasteiger partial charge in [-0.25, -0.2) is 0 Å². The summed E-state index contributed by atoms with van der Waals surface area (Å²) in [5.41, 5.74) is 0.0943. The van der Waals surface area contributed by atoms with Crippen LogP contribution in [0.15, 0.2) is 12.1 Å². The van der Waals surface area contributed by atoms with Gasteiger partial charge in [-0.1, -0.05) is 34.8 Å². The number of carbonyl (C=O) groups is 2. The van der Waals surface area contributed by atoms with Crippen LogP contribution in [0, 0.1) is 0 Å². The molecule has 0 aromatic heterocycles. The fourth-order valence-electron chi connectivity index (χ4n) is 2.04. The van der Waals surface area contributed by atoms with Crippen molar-refractivity contribution < 1.29 is 14.5 Å². The molecule has 1 rings (SSSR count). The van der Waals surface area contributed by atoms with Gasteiger partial charge in [0, 0.05) is 5.54 Å². The molecule has 1 unspecified atom stereocenters. The third-order valence-corrected chi connectivity index (χ3v) is 4.15. The summed E-state index contributed by atoms with van der Waals surface area (Å²) in [6, 6.07) is 2.98. The van der Waals surface area contributed by atoms with Crippen molar-refractivity contribution in [2.45, 2.75) is 33.2 Å². The van der Waals surface area contributed by atoms with E-state index in [1.165, 1.54) is 12.1 Å². The van der Waals surface area contributed by atoms with Gasteiger partial charge in [-0.3, -0.25) is 9.59 Å². The van der Waals surface area contributed by atoms with Crippen LogP contribution in [0.2, 0.25) is 15.1 Å². The molecular weight excluding hydrogens is 373 g/mol. The normalized spacial score (nSPS) is 12.6. The number of hydrogen-bond donors (Lipinski definition) is 3. The molecule has 1 atom stereocenters. The lowest BCUT2D eigenvalue weighted by atomic mass is 10.1. The minimum Gasteiger partial charge on any atom is -0.347 e. The molecule has 2 amide bonds. The SMILES string of the molecule is CC[NH+](CC(=O)Nc1cc(Cl)c(Cl)cc1Cl)CC(=O)NC(C)(C)C. The molecule has 3 N–H and O–H groups in total. The average molecular weight is 396 g/mol. The van der Waals surface area contributed by atoms with Crippen molar-refractivity contribution in [1.82, 2.24) is 5.32 Å². The van der Waals surface area contributed by atoms with Crippen LogP contribution in [0.25, 0.3) is 0 Å². The molecule has 0 aliphatic heterocycles. The summed E-state index contributed by atoms with van der Waals surface area (Å²) in [4.78, 5) is 25.0. The maximum Gasteiger partial charge on any atom is 0.279 e. The van der Waals surface area contributed by atoms with Gasteiger partial charge in [0.05, 0.1) is 27.3 Å². The second kappa shape index (κ2) is 8.90. The van der Waals surface area contributed by atoms with Gasteiger partial charge in [0.1, 0.15) is 0 Å². The maximum absolute atomic E-state index is 12.2. The van der Waals surface area contributed by atoms with Crippen molar-refractivity contribution in [2.75, 3.05) is 25.0 Å². The molecule has 0 fully saturated rings. The van der Waals surface area contributed by atoms with E-state index in [4.69, 9.17) is 34.8 Å². The number of amides is 2. The Balaban J connectivity index is 2.65. The molecule has 0 aliphatic rings. The van der Waals surface area contributed by atoms with Crippen molar-refractivity contribution in [3.63, 3.8) is 0 Å². The standard InChI is InChI=1S/C16H22Cl3N3O2/c1-5-22(9-15(24)21-16(2,3)4)8-14(23)20-13-7-11(18)10(17)6-12(13)19/h6-7H,5,8-9H2,1-4H3,(H,20,23)(H,21,24)/p+1. The zero-order valence-electron chi connectivity index (χ0n) is 14.2. The van der Waals surface area contributed by atoms with Gasteiger partial charge in [0.2, 0.25) is 0 Å². The number of benzene rings is 1. The fraction of sp³-hybridized carbons (Fsp3) is 0.500. The molecule has 8 heteroatoms. The molecule has 0 bridgehead atoms. The number of nitrogens with one attached hydrogen (secondary N) is 3. The number of anilines is 1.